The number of aromatic nitrogens is 2. The topological polar surface area (TPSA) is 63.8 Å². The van der Waals surface area contributed by atoms with Gasteiger partial charge in [0, 0.05) is 22.4 Å². The standard InChI is InChI=1S/C12H13BrN4/c1-8-4-10(13)2-3-11(8)12(17-14)9-5-15-7-16-6-9/h2-7,12,17H,14H2,1H3. The Kier molecular flexibility index (Phi) is 3.83. The minimum atomic E-state index is -0.0932. The van der Waals surface area contributed by atoms with E-state index in [0.29, 0.717) is 0 Å². The Labute approximate surface area is 108 Å². The van der Waals surface area contributed by atoms with Crippen LogP contribution in [-0.2, 0) is 0 Å². The Morgan fingerprint density at radius 1 is 1.29 bits per heavy atom. The first-order valence-electron chi connectivity index (χ1n) is 5.19. The third-order valence-electron chi connectivity index (χ3n) is 2.62. The summed E-state index contributed by atoms with van der Waals surface area (Å²) in [5.74, 6) is 5.63. The van der Waals surface area contributed by atoms with E-state index < -0.39 is 0 Å². The number of aryl methyl sites for hydroxylation is 1. The van der Waals surface area contributed by atoms with Crippen LogP contribution < -0.4 is 11.3 Å². The first kappa shape index (κ1) is 12.2. The summed E-state index contributed by atoms with van der Waals surface area (Å²) in [4.78, 5) is 8.02. The van der Waals surface area contributed by atoms with E-state index in [2.05, 4.69) is 37.4 Å². The molecule has 1 aromatic carbocycles. The van der Waals surface area contributed by atoms with Crippen molar-refractivity contribution in [2.45, 2.75) is 13.0 Å². The molecular weight excluding hydrogens is 280 g/mol. The largest absolute Gasteiger partial charge is 0.271 e. The first-order valence-corrected chi connectivity index (χ1v) is 5.98. The van der Waals surface area contributed by atoms with Crippen LogP contribution >= 0.6 is 15.9 Å². The molecule has 0 amide bonds. The van der Waals surface area contributed by atoms with Crippen molar-refractivity contribution < 1.29 is 0 Å². The number of hydrogen-bond acceptors (Lipinski definition) is 4. The molecule has 0 fully saturated rings. The molecule has 88 valence electrons. The Bertz CT molecular complexity index is 501. The van der Waals surface area contributed by atoms with Gasteiger partial charge in [-0.1, -0.05) is 22.0 Å². The van der Waals surface area contributed by atoms with Crippen molar-refractivity contribution in [3.05, 3.63) is 58.1 Å². The number of nitrogens with zero attached hydrogens (tertiary/aromatic N) is 2. The van der Waals surface area contributed by atoms with Crippen LogP contribution in [0.3, 0.4) is 0 Å². The Balaban J connectivity index is 2.42. The van der Waals surface area contributed by atoms with Gasteiger partial charge in [0.25, 0.3) is 0 Å². The van der Waals surface area contributed by atoms with Gasteiger partial charge in [-0.05, 0) is 30.2 Å². The monoisotopic (exact) mass is 292 g/mol. The molecule has 0 spiro atoms. The molecule has 1 unspecified atom stereocenters. The van der Waals surface area contributed by atoms with E-state index in [1.165, 1.54) is 6.33 Å². The molecule has 0 saturated heterocycles. The smallest absolute Gasteiger partial charge is 0.115 e. The van der Waals surface area contributed by atoms with E-state index >= 15 is 0 Å². The molecule has 1 atom stereocenters. The second-order valence-electron chi connectivity index (χ2n) is 3.77. The third-order valence-corrected chi connectivity index (χ3v) is 3.12. The first-order chi connectivity index (χ1) is 8.22. The van der Waals surface area contributed by atoms with Crippen LogP contribution in [0.4, 0.5) is 0 Å². The zero-order valence-corrected chi connectivity index (χ0v) is 11.0. The molecule has 2 aromatic rings. The minimum Gasteiger partial charge on any atom is -0.271 e. The molecule has 17 heavy (non-hydrogen) atoms. The van der Waals surface area contributed by atoms with Crippen molar-refractivity contribution in [1.29, 1.82) is 0 Å². The summed E-state index contributed by atoms with van der Waals surface area (Å²) in [7, 11) is 0. The van der Waals surface area contributed by atoms with Crippen molar-refractivity contribution in [3.8, 4) is 0 Å². The van der Waals surface area contributed by atoms with E-state index in [4.69, 9.17) is 5.84 Å². The molecule has 5 heteroatoms. The summed E-state index contributed by atoms with van der Waals surface area (Å²) in [6.07, 6.45) is 5.03. The molecule has 2 rings (SSSR count). The molecule has 3 N–H and O–H groups in total. The van der Waals surface area contributed by atoms with Gasteiger partial charge in [-0.15, -0.1) is 0 Å². The summed E-state index contributed by atoms with van der Waals surface area (Å²) >= 11 is 3.45. The summed E-state index contributed by atoms with van der Waals surface area (Å²) in [6.45, 7) is 2.05. The number of halogens is 1. The highest BCUT2D eigenvalue weighted by molar-refractivity contribution is 9.10. The van der Waals surface area contributed by atoms with Crippen LogP contribution in [0.5, 0.6) is 0 Å². The minimum absolute atomic E-state index is 0.0932. The van der Waals surface area contributed by atoms with Gasteiger partial charge in [-0.2, -0.15) is 0 Å². The fourth-order valence-corrected chi connectivity index (χ4v) is 2.26. The van der Waals surface area contributed by atoms with Crippen LogP contribution in [0.15, 0.2) is 41.4 Å². The normalized spacial score (nSPS) is 12.4. The third kappa shape index (κ3) is 2.69. The van der Waals surface area contributed by atoms with E-state index in [1.54, 1.807) is 12.4 Å². The maximum atomic E-state index is 5.63. The van der Waals surface area contributed by atoms with Gasteiger partial charge >= 0.3 is 0 Å². The molecule has 4 nitrogen and oxygen atoms in total. The van der Waals surface area contributed by atoms with E-state index in [-0.39, 0.29) is 6.04 Å². The van der Waals surface area contributed by atoms with Crippen molar-refractivity contribution in [3.63, 3.8) is 0 Å². The van der Waals surface area contributed by atoms with E-state index in [0.717, 1.165) is 21.2 Å². The quantitative estimate of drug-likeness (QED) is 0.672. The Morgan fingerprint density at radius 2 is 2.00 bits per heavy atom. The number of hydrogen-bond donors (Lipinski definition) is 2. The average molecular weight is 293 g/mol. The van der Waals surface area contributed by atoms with Gasteiger partial charge in [0.2, 0.25) is 0 Å². The van der Waals surface area contributed by atoms with Crippen molar-refractivity contribution in [1.82, 2.24) is 15.4 Å². The molecule has 0 saturated carbocycles. The lowest BCUT2D eigenvalue weighted by atomic mass is 9.97. The molecule has 1 aromatic heterocycles. The fraction of sp³-hybridized carbons (Fsp3) is 0.167. The summed E-state index contributed by atoms with van der Waals surface area (Å²) < 4.78 is 1.05. The molecule has 0 aliphatic carbocycles. The molecule has 1 heterocycles. The number of nitrogens with one attached hydrogen (secondary N) is 1. The molecule has 0 bridgehead atoms. The maximum absolute atomic E-state index is 5.63. The Morgan fingerprint density at radius 3 is 2.59 bits per heavy atom. The second-order valence-corrected chi connectivity index (χ2v) is 4.69. The molecule has 0 radical (unpaired) electrons. The van der Waals surface area contributed by atoms with Crippen molar-refractivity contribution >= 4 is 15.9 Å². The number of benzene rings is 1. The van der Waals surface area contributed by atoms with E-state index in [1.807, 2.05) is 19.1 Å². The predicted molar refractivity (Wildman–Crippen MR) is 70.1 cm³/mol. The predicted octanol–water partition coefficient (Wildman–Crippen LogP) is 2.10. The second kappa shape index (κ2) is 5.35. The van der Waals surface area contributed by atoms with Gasteiger partial charge in [0.1, 0.15) is 6.33 Å². The lowest BCUT2D eigenvalue weighted by molar-refractivity contribution is 0.628. The number of hydrazine groups is 1. The van der Waals surface area contributed by atoms with Crippen LogP contribution in [-0.4, -0.2) is 9.97 Å². The van der Waals surface area contributed by atoms with Crippen molar-refractivity contribution in [2.24, 2.45) is 5.84 Å². The van der Waals surface area contributed by atoms with Crippen LogP contribution in [0, 0.1) is 6.92 Å². The summed E-state index contributed by atoms with van der Waals surface area (Å²) in [5, 5.41) is 0. The van der Waals surface area contributed by atoms with Crippen LogP contribution in [0.2, 0.25) is 0 Å². The Hall–Kier alpha value is -1.30. The van der Waals surface area contributed by atoms with Crippen LogP contribution in [0.1, 0.15) is 22.7 Å². The summed E-state index contributed by atoms with van der Waals surface area (Å²) in [5.41, 5.74) is 6.02. The van der Waals surface area contributed by atoms with Gasteiger partial charge in [0.15, 0.2) is 0 Å². The van der Waals surface area contributed by atoms with Crippen LogP contribution in [0.25, 0.3) is 0 Å². The maximum Gasteiger partial charge on any atom is 0.115 e. The summed E-state index contributed by atoms with van der Waals surface area (Å²) in [6, 6.07) is 6.00. The van der Waals surface area contributed by atoms with Gasteiger partial charge in [0.05, 0.1) is 6.04 Å². The molecule has 0 aliphatic rings. The lowest BCUT2D eigenvalue weighted by Gasteiger charge is -2.18. The van der Waals surface area contributed by atoms with Crippen molar-refractivity contribution in [2.75, 3.05) is 0 Å². The zero-order valence-electron chi connectivity index (χ0n) is 9.39. The number of rotatable bonds is 3. The van der Waals surface area contributed by atoms with E-state index in [9.17, 15) is 0 Å². The van der Waals surface area contributed by atoms with Gasteiger partial charge in [-0.3, -0.25) is 5.84 Å². The van der Waals surface area contributed by atoms with Gasteiger partial charge < -0.3 is 0 Å². The fourth-order valence-electron chi connectivity index (χ4n) is 1.79. The highest BCUT2D eigenvalue weighted by Gasteiger charge is 2.14. The lowest BCUT2D eigenvalue weighted by Crippen LogP contribution is -2.29. The molecular formula is C12H13BrN4. The SMILES string of the molecule is Cc1cc(Br)ccc1C(NN)c1cncnc1. The van der Waals surface area contributed by atoms with Gasteiger partial charge in [-0.25, -0.2) is 15.4 Å². The highest BCUT2D eigenvalue weighted by atomic mass is 79.9. The average Bonchev–Trinajstić information content (AvgIpc) is 2.34. The number of nitrogens with two attached hydrogens (primary N) is 1. The molecule has 0 aliphatic heterocycles. The zero-order chi connectivity index (χ0) is 12.3. The highest BCUT2D eigenvalue weighted by Crippen LogP contribution is 2.25.